The van der Waals surface area contributed by atoms with Crippen LogP contribution in [0.15, 0.2) is 54.9 Å². The SMILES string of the molecule is Clc1ncnc2cc(-c3cccc4ccccc34)sc12. The van der Waals surface area contributed by atoms with Crippen LogP contribution in [-0.2, 0) is 0 Å². The van der Waals surface area contributed by atoms with E-state index >= 15 is 0 Å². The van der Waals surface area contributed by atoms with Crippen molar-refractivity contribution in [3.63, 3.8) is 0 Å². The van der Waals surface area contributed by atoms with Crippen molar-refractivity contribution >= 4 is 43.9 Å². The number of benzene rings is 2. The zero-order valence-electron chi connectivity index (χ0n) is 10.4. The van der Waals surface area contributed by atoms with Crippen LogP contribution in [0.5, 0.6) is 0 Å². The van der Waals surface area contributed by atoms with Gasteiger partial charge in [-0.2, -0.15) is 0 Å². The van der Waals surface area contributed by atoms with E-state index in [1.807, 2.05) is 0 Å². The predicted octanol–water partition coefficient (Wildman–Crippen LogP) is 5.16. The lowest BCUT2D eigenvalue weighted by Gasteiger charge is -2.03. The van der Waals surface area contributed by atoms with E-state index in [-0.39, 0.29) is 0 Å². The number of rotatable bonds is 1. The Bertz CT molecular complexity index is 925. The highest BCUT2D eigenvalue weighted by Gasteiger charge is 2.10. The largest absolute Gasteiger partial charge is 0.235 e. The second-order valence-electron chi connectivity index (χ2n) is 4.52. The second kappa shape index (κ2) is 4.54. The van der Waals surface area contributed by atoms with Gasteiger partial charge in [0.25, 0.3) is 0 Å². The topological polar surface area (TPSA) is 25.8 Å². The minimum absolute atomic E-state index is 0.520. The van der Waals surface area contributed by atoms with Crippen molar-refractivity contribution in [1.82, 2.24) is 9.97 Å². The highest BCUT2D eigenvalue weighted by atomic mass is 35.5. The number of nitrogens with zero attached hydrogens (tertiary/aromatic N) is 2. The van der Waals surface area contributed by atoms with Crippen LogP contribution in [0.1, 0.15) is 0 Å². The molecule has 0 bridgehead atoms. The third kappa shape index (κ3) is 1.79. The summed E-state index contributed by atoms with van der Waals surface area (Å²) < 4.78 is 0.942. The summed E-state index contributed by atoms with van der Waals surface area (Å²) in [5.74, 6) is 0. The van der Waals surface area contributed by atoms with E-state index in [9.17, 15) is 0 Å². The molecule has 0 N–H and O–H groups in total. The summed E-state index contributed by atoms with van der Waals surface area (Å²) in [4.78, 5) is 9.49. The standard InChI is InChI=1S/C16H9ClN2S/c17-16-15-13(18-9-19-16)8-14(20-15)12-7-3-5-10-4-1-2-6-11(10)12/h1-9H. The third-order valence-corrected chi connectivity index (χ3v) is 4.89. The van der Waals surface area contributed by atoms with Gasteiger partial charge < -0.3 is 0 Å². The molecule has 2 aromatic carbocycles. The zero-order chi connectivity index (χ0) is 13.5. The molecular weight excluding hydrogens is 288 g/mol. The lowest BCUT2D eigenvalue weighted by molar-refractivity contribution is 1.23. The van der Waals surface area contributed by atoms with Crippen molar-refractivity contribution in [3.8, 4) is 10.4 Å². The highest BCUT2D eigenvalue weighted by molar-refractivity contribution is 7.22. The van der Waals surface area contributed by atoms with Gasteiger partial charge in [-0.25, -0.2) is 9.97 Å². The van der Waals surface area contributed by atoms with Gasteiger partial charge >= 0.3 is 0 Å². The van der Waals surface area contributed by atoms with E-state index in [4.69, 9.17) is 11.6 Å². The molecule has 0 atom stereocenters. The molecule has 0 radical (unpaired) electrons. The lowest BCUT2D eigenvalue weighted by atomic mass is 10.0. The molecule has 0 aliphatic carbocycles. The van der Waals surface area contributed by atoms with E-state index in [1.54, 1.807) is 11.3 Å². The summed E-state index contributed by atoms with van der Waals surface area (Å²) in [6.45, 7) is 0. The molecule has 4 rings (SSSR count). The fourth-order valence-electron chi connectivity index (χ4n) is 2.40. The van der Waals surface area contributed by atoms with Gasteiger partial charge in [0.1, 0.15) is 11.5 Å². The number of halogens is 1. The number of fused-ring (bicyclic) bond motifs is 2. The van der Waals surface area contributed by atoms with E-state index in [2.05, 4.69) is 58.5 Å². The number of hydrogen-bond donors (Lipinski definition) is 0. The summed E-state index contributed by atoms with van der Waals surface area (Å²) >= 11 is 7.77. The maximum Gasteiger partial charge on any atom is 0.150 e. The average molecular weight is 297 g/mol. The van der Waals surface area contributed by atoms with Crippen LogP contribution in [0.2, 0.25) is 5.15 Å². The number of aromatic nitrogens is 2. The first-order valence-electron chi connectivity index (χ1n) is 6.21. The third-order valence-electron chi connectivity index (χ3n) is 3.32. The zero-order valence-corrected chi connectivity index (χ0v) is 11.9. The van der Waals surface area contributed by atoms with Crippen LogP contribution in [0.25, 0.3) is 31.4 Å². The van der Waals surface area contributed by atoms with Crippen molar-refractivity contribution in [3.05, 3.63) is 60.0 Å². The van der Waals surface area contributed by atoms with E-state index < -0.39 is 0 Å². The quantitative estimate of drug-likeness (QED) is 0.453. The smallest absolute Gasteiger partial charge is 0.150 e. The molecule has 0 aliphatic rings. The first kappa shape index (κ1) is 11.8. The first-order valence-corrected chi connectivity index (χ1v) is 7.40. The molecule has 4 aromatic rings. The Hall–Kier alpha value is -1.97. The molecule has 4 heteroatoms. The van der Waals surface area contributed by atoms with Gasteiger partial charge in [0.15, 0.2) is 0 Å². The molecule has 96 valence electrons. The summed E-state index contributed by atoms with van der Waals surface area (Å²) in [7, 11) is 0. The van der Waals surface area contributed by atoms with Gasteiger partial charge in [-0.3, -0.25) is 0 Å². The summed E-state index contributed by atoms with van der Waals surface area (Å²) in [5, 5.41) is 3.00. The van der Waals surface area contributed by atoms with Gasteiger partial charge in [-0.05, 0) is 22.4 Å². The Balaban J connectivity index is 2.04. The lowest BCUT2D eigenvalue weighted by Crippen LogP contribution is -1.77. The molecule has 0 fully saturated rings. The summed E-state index contributed by atoms with van der Waals surface area (Å²) in [5.41, 5.74) is 2.11. The highest BCUT2D eigenvalue weighted by Crippen LogP contribution is 2.38. The van der Waals surface area contributed by atoms with Crippen LogP contribution >= 0.6 is 22.9 Å². The maximum absolute atomic E-state index is 6.14. The molecular formula is C16H9ClN2S. The van der Waals surface area contributed by atoms with Crippen LogP contribution in [0.3, 0.4) is 0 Å². The van der Waals surface area contributed by atoms with Crippen molar-refractivity contribution < 1.29 is 0 Å². The normalized spacial score (nSPS) is 11.2. The fourth-order valence-corrected chi connectivity index (χ4v) is 3.69. The molecule has 0 saturated carbocycles. The number of thiophene rings is 1. The molecule has 0 unspecified atom stereocenters. The summed E-state index contributed by atoms with van der Waals surface area (Å²) in [6, 6.07) is 16.8. The van der Waals surface area contributed by atoms with Gasteiger partial charge in [0.05, 0.1) is 10.2 Å². The molecule has 0 aliphatic heterocycles. The average Bonchev–Trinajstić information content (AvgIpc) is 2.92. The Labute approximate surface area is 124 Å². The molecule has 20 heavy (non-hydrogen) atoms. The van der Waals surface area contributed by atoms with Gasteiger partial charge in [0.2, 0.25) is 0 Å². The first-order chi connectivity index (χ1) is 9.83. The van der Waals surface area contributed by atoms with Gasteiger partial charge in [-0.1, -0.05) is 54.1 Å². The summed E-state index contributed by atoms with van der Waals surface area (Å²) in [6.07, 6.45) is 1.50. The minimum Gasteiger partial charge on any atom is -0.235 e. The molecule has 0 spiro atoms. The Kier molecular flexibility index (Phi) is 2.69. The van der Waals surface area contributed by atoms with Gasteiger partial charge in [-0.15, -0.1) is 11.3 Å². The molecule has 0 saturated heterocycles. The Morgan fingerprint density at radius 2 is 1.80 bits per heavy atom. The predicted molar refractivity (Wildman–Crippen MR) is 85.4 cm³/mol. The Morgan fingerprint density at radius 1 is 0.950 bits per heavy atom. The van der Waals surface area contributed by atoms with Crippen LogP contribution in [0, 0.1) is 0 Å². The van der Waals surface area contributed by atoms with Crippen molar-refractivity contribution in [2.45, 2.75) is 0 Å². The second-order valence-corrected chi connectivity index (χ2v) is 5.93. The Morgan fingerprint density at radius 3 is 2.70 bits per heavy atom. The minimum atomic E-state index is 0.520. The van der Waals surface area contributed by atoms with Crippen molar-refractivity contribution in [2.24, 2.45) is 0 Å². The van der Waals surface area contributed by atoms with Crippen LogP contribution in [0.4, 0.5) is 0 Å². The van der Waals surface area contributed by atoms with Crippen LogP contribution in [-0.4, -0.2) is 9.97 Å². The molecule has 2 nitrogen and oxygen atoms in total. The van der Waals surface area contributed by atoms with E-state index in [0.29, 0.717) is 5.15 Å². The number of hydrogen-bond acceptors (Lipinski definition) is 3. The van der Waals surface area contributed by atoms with E-state index in [0.717, 1.165) is 10.2 Å². The fraction of sp³-hybridized carbons (Fsp3) is 0. The molecule has 2 heterocycles. The van der Waals surface area contributed by atoms with E-state index in [1.165, 1.54) is 27.5 Å². The molecule has 2 aromatic heterocycles. The van der Waals surface area contributed by atoms with Gasteiger partial charge in [0, 0.05) is 4.88 Å². The van der Waals surface area contributed by atoms with Crippen molar-refractivity contribution in [1.29, 1.82) is 0 Å². The monoisotopic (exact) mass is 296 g/mol. The van der Waals surface area contributed by atoms with Crippen LogP contribution < -0.4 is 0 Å². The molecule has 0 amide bonds. The maximum atomic E-state index is 6.14. The van der Waals surface area contributed by atoms with Crippen molar-refractivity contribution in [2.75, 3.05) is 0 Å².